The molecular weight excluding hydrogens is 556 g/mol. The van der Waals surface area contributed by atoms with Gasteiger partial charge in [0, 0.05) is 22.9 Å². The Kier molecular flexibility index (Phi) is 6.89. The van der Waals surface area contributed by atoms with Crippen LogP contribution in [0.5, 0.6) is 17.2 Å². The Bertz CT molecular complexity index is 2050. The maximum atomic E-state index is 11.5. The number of phenols is 1. The second-order valence-corrected chi connectivity index (χ2v) is 11.1. The number of aromatic nitrogens is 3. The molecule has 8 heteroatoms. The fourth-order valence-corrected chi connectivity index (χ4v) is 6.32. The molecule has 0 bridgehead atoms. The molecule has 1 unspecified atom stereocenters. The minimum absolute atomic E-state index is 0.187. The van der Waals surface area contributed by atoms with Crippen LogP contribution in [0, 0.1) is 0 Å². The maximum Gasteiger partial charge on any atom is 0.184 e. The summed E-state index contributed by atoms with van der Waals surface area (Å²) in [6, 6.07) is 35.0. The van der Waals surface area contributed by atoms with E-state index in [1.807, 2.05) is 108 Å². The minimum Gasteiger partial charge on any atom is -0.508 e. The van der Waals surface area contributed by atoms with Crippen LogP contribution < -0.4 is 14.8 Å². The van der Waals surface area contributed by atoms with Gasteiger partial charge in [0.05, 0.1) is 41.9 Å². The zero-order valence-corrected chi connectivity index (χ0v) is 24.4. The number of anilines is 1. The molecule has 0 saturated heterocycles. The van der Waals surface area contributed by atoms with E-state index >= 15 is 0 Å². The first kappa shape index (κ1) is 26.6. The third kappa shape index (κ3) is 5.02. The van der Waals surface area contributed by atoms with Crippen molar-refractivity contribution in [2.75, 3.05) is 19.5 Å². The van der Waals surface area contributed by atoms with Crippen molar-refractivity contribution in [1.29, 1.82) is 0 Å². The predicted octanol–water partition coefficient (Wildman–Crippen LogP) is 8.23. The number of methoxy groups -OCH3 is 2. The molecule has 0 amide bonds. The number of aromatic hydroxyl groups is 1. The van der Waals surface area contributed by atoms with Gasteiger partial charge in [-0.2, -0.15) is 5.10 Å². The largest absolute Gasteiger partial charge is 0.508 e. The number of ether oxygens (including phenoxy) is 2. The molecule has 212 valence electrons. The average molecular weight is 585 g/mol. The molecule has 7 rings (SSSR count). The van der Waals surface area contributed by atoms with E-state index in [4.69, 9.17) is 19.6 Å². The standard InChI is InChI=1S/C35H28N4O3S/c1-41-25-15-12-23(13-16-25)33-28(21-39(38-33)24-9-4-3-5-10-24)34(32-27-11-7-6-8-22(27)14-19-30(32)40)37-35-36-29-18-17-26(42-2)20-31(29)43-35/h3-21,34,40H,1-2H3,(H,36,37). The Morgan fingerprint density at radius 2 is 1.56 bits per heavy atom. The van der Waals surface area contributed by atoms with Crippen molar-refractivity contribution >= 4 is 37.5 Å². The number of hydrogen-bond acceptors (Lipinski definition) is 7. The molecule has 5 aromatic carbocycles. The van der Waals surface area contributed by atoms with Crippen LogP contribution in [0.2, 0.25) is 0 Å². The molecule has 0 fully saturated rings. The highest BCUT2D eigenvalue weighted by Gasteiger charge is 2.28. The number of fused-ring (bicyclic) bond motifs is 2. The summed E-state index contributed by atoms with van der Waals surface area (Å²) in [7, 11) is 3.31. The molecule has 0 radical (unpaired) electrons. The van der Waals surface area contributed by atoms with E-state index in [0.717, 1.165) is 60.6 Å². The Hall–Kier alpha value is -5.34. The second kappa shape index (κ2) is 11.2. The highest BCUT2D eigenvalue weighted by Crippen LogP contribution is 2.42. The van der Waals surface area contributed by atoms with Crippen LogP contribution in [0.25, 0.3) is 37.9 Å². The molecule has 0 saturated carbocycles. The molecule has 0 spiro atoms. The van der Waals surface area contributed by atoms with Crippen LogP contribution in [0.3, 0.4) is 0 Å². The minimum atomic E-state index is -0.497. The van der Waals surface area contributed by atoms with E-state index in [2.05, 4.69) is 11.4 Å². The molecule has 2 aromatic heterocycles. The van der Waals surface area contributed by atoms with Gasteiger partial charge in [-0.1, -0.05) is 59.9 Å². The van der Waals surface area contributed by atoms with Gasteiger partial charge >= 0.3 is 0 Å². The van der Waals surface area contributed by atoms with Gasteiger partial charge in [-0.15, -0.1) is 0 Å². The SMILES string of the molecule is COc1ccc(-c2nn(-c3ccccc3)cc2C(Nc2nc3ccc(OC)cc3s2)c2c(O)ccc3ccccc23)cc1. The van der Waals surface area contributed by atoms with E-state index in [-0.39, 0.29) is 5.75 Å². The third-order valence-corrected chi connectivity index (χ3v) is 8.49. The summed E-state index contributed by atoms with van der Waals surface area (Å²) in [5.74, 6) is 1.73. The number of hydrogen-bond donors (Lipinski definition) is 2. The van der Waals surface area contributed by atoms with Crippen molar-refractivity contribution in [2.24, 2.45) is 0 Å². The van der Waals surface area contributed by atoms with Gasteiger partial charge in [-0.25, -0.2) is 9.67 Å². The summed E-state index contributed by atoms with van der Waals surface area (Å²) in [6.45, 7) is 0. The quantitative estimate of drug-likeness (QED) is 0.187. The number of thiazole rings is 1. The molecule has 0 aliphatic carbocycles. The van der Waals surface area contributed by atoms with Crippen LogP contribution in [0.4, 0.5) is 5.13 Å². The van der Waals surface area contributed by atoms with E-state index in [0.29, 0.717) is 5.13 Å². The number of nitrogens with one attached hydrogen (secondary N) is 1. The Labute approximate surface area is 252 Å². The van der Waals surface area contributed by atoms with E-state index in [1.54, 1.807) is 20.3 Å². The normalized spacial score (nSPS) is 12.0. The van der Waals surface area contributed by atoms with Crippen LogP contribution in [-0.4, -0.2) is 34.1 Å². The molecule has 0 aliphatic rings. The topological polar surface area (TPSA) is 81.4 Å². The second-order valence-electron chi connectivity index (χ2n) is 10.1. The first-order valence-corrected chi connectivity index (χ1v) is 14.6. The van der Waals surface area contributed by atoms with Crippen LogP contribution in [0.1, 0.15) is 17.2 Å². The zero-order valence-electron chi connectivity index (χ0n) is 23.6. The summed E-state index contributed by atoms with van der Waals surface area (Å²) in [5.41, 5.74) is 5.13. The highest BCUT2D eigenvalue weighted by molar-refractivity contribution is 7.22. The molecule has 2 N–H and O–H groups in total. The van der Waals surface area contributed by atoms with Crippen molar-refractivity contribution in [3.8, 4) is 34.2 Å². The Morgan fingerprint density at radius 3 is 2.35 bits per heavy atom. The van der Waals surface area contributed by atoms with Gasteiger partial charge < -0.3 is 19.9 Å². The molecule has 7 nitrogen and oxygen atoms in total. The summed E-state index contributed by atoms with van der Waals surface area (Å²) in [5, 5.41) is 22.9. The van der Waals surface area contributed by atoms with Crippen LogP contribution in [-0.2, 0) is 0 Å². The summed E-state index contributed by atoms with van der Waals surface area (Å²) >= 11 is 1.54. The van der Waals surface area contributed by atoms with Crippen LogP contribution in [0.15, 0.2) is 115 Å². The molecular formula is C35H28N4O3S. The fourth-order valence-electron chi connectivity index (χ4n) is 5.39. The maximum absolute atomic E-state index is 11.5. The molecule has 2 heterocycles. The number of nitrogens with zero attached hydrogens (tertiary/aromatic N) is 3. The first-order valence-electron chi connectivity index (χ1n) is 13.8. The average Bonchev–Trinajstić information content (AvgIpc) is 3.68. The van der Waals surface area contributed by atoms with Gasteiger partial charge in [0.1, 0.15) is 17.2 Å². The van der Waals surface area contributed by atoms with E-state index in [1.165, 1.54) is 11.3 Å². The van der Waals surface area contributed by atoms with E-state index < -0.39 is 6.04 Å². The zero-order chi connectivity index (χ0) is 29.3. The number of para-hydroxylation sites is 1. The fraction of sp³-hybridized carbons (Fsp3) is 0.0857. The number of benzene rings is 5. The monoisotopic (exact) mass is 584 g/mol. The number of rotatable bonds is 8. The smallest absolute Gasteiger partial charge is 0.184 e. The molecule has 43 heavy (non-hydrogen) atoms. The van der Waals surface area contributed by atoms with E-state index in [9.17, 15) is 5.11 Å². The van der Waals surface area contributed by atoms with Gasteiger partial charge in [-0.3, -0.25) is 0 Å². The number of phenolic OH excluding ortho intramolecular Hbond substituents is 1. The van der Waals surface area contributed by atoms with Crippen molar-refractivity contribution in [3.05, 3.63) is 127 Å². The van der Waals surface area contributed by atoms with Crippen molar-refractivity contribution < 1.29 is 14.6 Å². The van der Waals surface area contributed by atoms with Gasteiger partial charge in [0.2, 0.25) is 0 Å². The predicted molar refractivity (Wildman–Crippen MR) is 173 cm³/mol. The van der Waals surface area contributed by atoms with Crippen molar-refractivity contribution in [1.82, 2.24) is 14.8 Å². The lowest BCUT2D eigenvalue weighted by Gasteiger charge is -2.22. The van der Waals surface area contributed by atoms with Crippen molar-refractivity contribution in [2.45, 2.75) is 6.04 Å². The molecule has 1 atom stereocenters. The third-order valence-electron chi connectivity index (χ3n) is 7.54. The lowest BCUT2D eigenvalue weighted by atomic mass is 9.91. The summed E-state index contributed by atoms with van der Waals surface area (Å²) in [4.78, 5) is 4.91. The van der Waals surface area contributed by atoms with Crippen molar-refractivity contribution in [3.63, 3.8) is 0 Å². The molecule has 7 aromatic rings. The summed E-state index contributed by atoms with van der Waals surface area (Å²) < 4.78 is 13.8. The van der Waals surface area contributed by atoms with Crippen LogP contribution >= 0.6 is 11.3 Å². The lowest BCUT2D eigenvalue weighted by Crippen LogP contribution is -2.13. The highest BCUT2D eigenvalue weighted by atomic mass is 32.1. The summed E-state index contributed by atoms with van der Waals surface area (Å²) in [6.07, 6.45) is 2.03. The molecule has 0 aliphatic heterocycles. The first-order chi connectivity index (χ1) is 21.1. The van der Waals surface area contributed by atoms with Gasteiger partial charge in [0.25, 0.3) is 0 Å². The Balaban J connectivity index is 1.46. The van der Waals surface area contributed by atoms with Gasteiger partial charge in [-0.05, 0) is 71.4 Å². The van der Waals surface area contributed by atoms with Gasteiger partial charge in [0.15, 0.2) is 5.13 Å². The Morgan fingerprint density at radius 1 is 0.814 bits per heavy atom. The lowest BCUT2D eigenvalue weighted by molar-refractivity contribution is 0.415.